The number of fused-ring (bicyclic) bond motifs is 4. The van der Waals surface area contributed by atoms with Gasteiger partial charge in [0, 0.05) is 37.5 Å². The maximum Gasteiger partial charge on any atom is 0.160 e. The molecule has 0 amide bonds. The first-order chi connectivity index (χ1) is 11.7. The van der Waals surface area contributed by atoms with Crippen molar-refractivity contribution in [3.05, 3.63) is 46.4 Å². The first kappa shape index (κ1) is 14.4. The number of nitrogens with zero attached hydrogens (tertiary/aromatic N) is 1. The standard InChI is InChI=1S/C20H23NO3/c1-23-20-8-13-4-5-21-11-14-7-15(6-12-2-3-12)24-19(14)10-17(21)16(13)9-18(20)22/h7-9,12,17,22H,2-6,10-11H2,1H3/t17-/m0/s1. The molecule has 0 bridgehead atoms. The summed E-state index contributed by atoms with van der Waals surface area (Å²) in [5.74, 6) is 3.97. The van der Waals surface area contributed by atoms with Crippen LogP contribution in [-0.4, -0.2) is 23.7 Å². The number of hydrogen-bond acceptors (Lipinski definition) is 4. The summed E-state index contributed by atoms with van der Waals surface area (Å²) in [6.45, 7) is 2.01. The van der Waals surface area contributed by atoms with Crippen LogP contribution in [0.5, 0.6) is 11.5 Å². The number of hydrogen-bond donors (Lipinski definition) is 1. The minimum atomic E-state index is 0.234. The lowest BCUT2D eigenvalue weighted by Gasteiger charge is -2.40. The van der Waals surface area contributed by atoms with Crippen molar-refractivity contribution in [3.8, 4) is 11.5 Å². The van der Waals surface area contributed by atoms with Crippen LogP contribution < -0.4 is 4.74 Å². The van der Waals surface area contributed by atoms with E-state index in [0.717, 1.165) is 44.0 Å². The highest BCUT2D eigenvalue weighted by molar-refractivity contribution is 5.49. The highest BCUT2D eigenvalue weighted by Crippen LogP contribution is 2.43. The number of methoxy groups -OCH3 is 1. The Hall–Kier alpha value is -1.94. The number of furan rings is 1. The van der Waals surface area contributed by atoms with Gasteiger partial charge in [0.15, 0.2) is 11.5 Å². The van der Waals surface area contributed by atoms with E-state index < -0.39 is 0 Å². The van der Waals surface area contributed by atoms with Crippen LogP contribution in [0.4, 0.5) is 0 Å². The Morgan fingerprint density at radius 1 is 1.25 bits per heavy atom. The summed E-state index contributed by atoms with van der Waals surface area (Å²) in [7, 11) is 1.60. The molecule has 5 rings (SSSR count). The van der Waals surface area contributed by atoms with Crippen LogP contribution in [0.15, 0.2) is 22.6 Å². The van der Waals surface area contributed by atoms with Crippen LogP contribution in [0.1, 0.15) is 47.1 Å². The van der Waals surface area contributed by atoms with E-state index in [2.05, 4.69) is 11.0 Å². The summed E-state index contributed by atoms with van der Waals surface area (Å²) >= 11 is 0. The van der Waals surface area contributed by atoms with Crippen molar-refractivity contribution in [3.63, 3.8) is 0 Å². The molecule has 0 spiro atoms. The van der Waals surface area contributed by atoms with Gasteiger partial charge in [-0.1, -0.05) is 0 Å². The largest absolute Gasteiger partial charge is 0.504 e. The second kappa shape index (κ2) is 5.28. The van der Waals surface area contributed by atoms with Crippen molar-refractivity contribution in [1.29, 1.82) is 0 Å². The van der Waals surface area contributed by atoms with Crippen molar-refractivity contribution in [2.45, 2.75) is 44.7 Å². The Morgan fingerprint density at radius 3 is 2.92 bits per heavy atom. The Bertz CT molecular complexity index is 790. The normalized spacial score (nSPS) is 22.6. The fourth-order valence-corrected chi connectivity index (χ4v) is 4.30. The zero-order valence-corrected chi connectivity index (χ0v) is 14.0. The maximum absolute atomic E-state index is 10.2. The minimum Gasteiger partial charge on any atom is -0.504 e. The van der Waals surface area contributed by atoms with Gasteiger partial charge in [0.1, 0.15) is 11.5 Å². The average Bonchev–Trinajstić information content (AvgIpc) is 3.30. The Balaban J connectivity index is 1.48. The topological polar surface area (TPSA) is 45.8 Å². The second-order valence-corrected chi connectivity index (χ2v) is 7.47. The van der Waals surface area contributed by atoms with Crippen LogP contribution >= 0.6 is 0 Å². The van der Waals surface area contributed by atoms with Gasteiger partial charge in [0.25, 0.3) is 0 Å². The van der Waals surface area contributed by atoms with Crippen molar-refractivity contribution < 1.29 is 14.3 Å². The van der Waals surface area contributed by atoms with Crippen LogP contribution in [0.25, 0.3) is 0 Å². The zero-order valence-electron chi connectivity index (χ0n) is 14.0. The quantitative estimate of drug-likeness (QED) is 0.936. The van der Waals surface area contributed by atoms with Crippen molar-refractivity contribution in [2.24, 2.45) is 5.92 Å². The van der Waals surface area contributed by atoms with Gasteiger partial charge in [-0.2, -0.15) is 0 Å². The van der Waals surface area contributed by atoms with Crippen LogP contribution in [0.3, 0.4) is 0 Å². The molecule has 24 heavy (non-hydrogen) atoms. The Kier molecular flexibility index (Phi) is 3.17. The van der Waals surface area contributed by atoms with E-state index >= 15 is 0 Å². The molecule has 0 unspecified atom stereocenters. The molecule has 3 aliphatic rings. The number of ether oxygens (including phenoxy) is 1. The van der Waals surface area contributed by atoms with E-state index in [0.29, 0.717) is 11.8 Å². The third-order valence-electron chi connectivity index (χ3n) is 5.80. The summed E-state index contributed by atoms with van der Waals surface area (Å²) in [5.41, 5.74) is 3.88. The molecule has 4 nitrogen and oxygen atoms in total. The monoisotopic (exact) mass is 325 g/mol. The Morgan fingerprint density at radius 2 is 2.12 bits per heavy atom. The number of phenols is 1. The average molecular weight is 325 g/mol. The molecule has 1 aliphatic carbocycles. The van der Waals surface area contributed by atoms with E-state index in [-0.39, 0.29) is 5.75 Å². The molecule has 1 saturated carbocycles. The van der Waals surface area contributed by atoms with Gasteiger partial charge in [-0.3, -0.25) is 4.90 Å². The van der Waals surface area contributed by atoms with Crippen LogP contribution in [0, 0.1) is 5.92 Å². The highest BCUT2D eigenvalue weighted by Gasteiger charge is 2.35. The highest BCUT2D eigenvalue weighted by atomic mass is 16.5. The molecule has 1 aromatic heterocycles. The zero-order chi connectivity index (χ0) is 16.3. The van der Waals surface area contributed by atoms with Gasteiger partial charge in [-0.15, -0.1) is 0 Å². The summed E-state index contributed by atoms with van der Waals surface area (Å²) in [4.78, 5) is 2.52. The predicted molar refractivity (Wildman–Crippen MR) is 90.4 cm³/mol. The molecular weight excluding hydrogens is 302 g/mol. The lowest BCUT2D eigenvalue weighted by atomic mass is 9.86. The van der Waals surface area contributed by atoms with Crippen molar-refractivity contribution >= 4 is 0 Å². The number of rotatable bonds is 3. The number of aromatic hydroxyl groups is 1. The molecule has 1 atom stereocenters. The molecular formula is C20H23NO3. The van der Waals surface area contributed by atoms with E-state index in [1.54, 1.807) is 7.11 Å². The summed E-state index contributed by atoms with van der Waals surface area (Å²) in [6.07, 6.45) is 5.72. The van der Waals surface area contributed by atoms with Crippen LogP contribution in [-0.2, 0) is 25.8 Å². The third kappa shape index (κ3) is 2.32. The first-order valence-electron chi connectivity index (χ1n) is 8.95. The molecule has 2 aliphatic heterocycles. The predicted octanol–water partition coefficient (Wildman–Crippen LogP) is 3.60. The SMILES string of the molecule is COc1cc2c(cc1O)[C@@H]1Cc3oc(CC4CC4)cc3CN1CC2. The molecule has 1 N–H and O–H groups in total. The van der Waals surface area contributed by atoms with E-state index in [1.807, 2.05) is 12.1 Å². The molecule has 1 aromatic carbocycles. The Labute approximate surface area is 142 Å². The van der Waals surface area contributed by atoms with Gasteiger partial charge in [0.2, 0.25) is 0 Å². The van der Waals surface area contributed by atoms with E-state index in [4.69, 9.17) is 9.15 Å². The summed E-state index contributed by atoms with van der Waals surface area (Å²) in [5, 5.41) is 10.2. The number of benzene rings is 1. The molecule has 0 radical (unpaired) electrons. The minimum absolute atomic E-state index is 0.234. The molecule has 3 heterocycles. The van der Waals surface area contributed by atoms with E-state index in [9.17, 15) is 5.11 Å². The molecule has 2 aromatic rings. The molecule has 1 fully saturated rings. The van der Waals surface area contributed by atoms with Gasteiger partial charge in [-0.25, -0.2) is 0 Å². The maximum atomic E-state index is 10.2. The lowest BCUT2D eigenvalue weighted by molar-refractivity contribution is 0.150. The van der Waals surface area contributed by atoms with Crippen molar-refractivity contribution in [1.82, 2.24) is 4.90 Å². The second-order valence-electron chi connectivity index (χ2n) is 7.47. The number of phenolic OH excluding ortho intramolecular Hbond substituents is 1. The smallest absolute Gasteiger partial charge is 0.160 e. The van der Waals surface area contributed by atoms with Gasteiger partial charge in [-0.05, 0) is 54.5 Å². The fourth-order valence-electron chi connectivity index (χ4n) is 4.30. The summed E-state index contributed by atoms with van der Waals surface area (Å²) < 4.78 is 11.4. The lowest BCUT2D eigenvalue weighted by Crippen LogP contribution is -2.38. The first-order valence-corrected chi connectivity index (χ1v) is 8.95. The fraction of sp³-hybridized carbons (Fsp3) is 0.500. The molecule has 126 valence electrons. The van der Waals surface area contributed by atoms with Gasteiger partial charge >= 0.3 is 0 Å². The molecule has 0 saturated heterocycles. The van der Waals surface area contributed by atoms with Gasteiger partial charge < -0.3 is 14.3 Å². The van der Waals surface area contributed by atoms with Crippen molar-refractivity contribution in [2.75, 3.05) is 13.7 Å². The third-order valence-corrected chi connectivity index (χ3v) is 5.80. The van der Waals surface area contributed by atoms with E-state index in [1.165, 1.54) is 35.3 Å². The summed E-state index contributed by atoms with van der Waals surface area (Å²) in [6, 6.07) is 6.48. The van der Waals surface area contributed by atoms with Crippen LogP contribution in [0.2, 0.25) is 0 Å². The molecule has 4 heteroatoms. The van der Waals surface area contributed by atoms with Gasteiger partial charge in [0.05, 0.1) is 7.11 Å².